The minimum absolute atomic E-state index is 0.165. The van der Waals surface area contributed by atoms with Gasteiger partial charge in [0.05, 0.1) is 12.2 Å². The molecule has 28 heavy (non-hydrogen) atoms. The molecule has 0 aliphatic rings. The molecule has 1 heterocycles. The molecule has 2 rings (SSSR count). The molecule has 0 unspecified atom stereocenters. The second-order valence-corrected chi connectivity index (χ2v) is 8.88. The normalized spacial score (nSPS) is 11.1. The Kier molecular flexibility index (Phi) is 7.01. The fourth-order valence-corrected chi connectivity index (χ4v) is 3.68. The van der Waals surface area contributed by atoms with Crippen molar-refractivity contribution in [3.8, 4) is 0 Å². The Morgan fingerprint density at radius 2 is 1.71 bits per heavy atom. The number of amides is 1. The first-order chi connectivity index (χ1) is 13.0. The lowest BCUT2D eigenvalue weighted by Crippen LogP contribution is -2.23. The second kappa shape index (κ2) is 8.87. The van der Waals surface area contributed by atoms with Gasteiger partial charge in [-0.15, -0.1) is 11.3 Å². The minimum Gasteiger partial charge on any atom is -0.462 e. The third-order valence-corrected chi connectivity index (χ3v) is 5.26. The summed E-state index contributed by atoms with van der Waals surface area (Å²) < 4.78 is 11.4. The summed E-state index contributed by atoms with van der Waals surface area (Å²) in [6.45, 7) is 8.78. The molecule has 0 aliphatic heterocycles. The molecular formula is C20H22BrNO5S. The Labute approximate surface area is 176 Å². The lowest BCUT2D eigenvalue weighted by atomic mass is 10.1. The van der Waals surface area contributed by atoms with Crippen molar-refractivity contribution in [2.75, 3.05) is 11.9 Å². The highest BCUT2D eigenvalue weighted by Crippen LogP contribution is 2.35. The maximum absolute atomic E-state index is 12.6. The first kappa shape index (κ1) is 22.1. The Balaban J connectivity index is 2.42. The molecule has 0 aliphatic carbocycles. The maximum atomic E-state index is 12.6. The van der Waals surface area contributed by atoms with E-state index in [0.29, 0.717) is 11.1 Å². The van der Waals surface area contributed by atoms with E-state index in [-0.39, 0.29) is 22.0 Å². The van der Waals surface area contributed by atoms with Crippen LogP contribution in [0.2, 0.25) is 0 Å². The van der Waals surface area contributed by atoms with E-state index in [4.69, 9.17) is 9.47 Å². The quantitative estimate of drug-likeness (QED) is 0.610. The highest BCUT2D eigenvalue weighted by molar-refractivity contribution is 9.10. The maximum Gasteiger partial charge on any atom is 0.349 e. The van der Waals surface area contributed by atoms with Gasteiger partial charge in [0, 0.05) is 10.0 Å². The summed E-state index contributed by atoms with van der Waals surface area (Å²) in [4.78, 5) is 37.8. The van der Waals surface area contributed by atoms with E-state index in [2.05, 4.69) is 21.2 Å². The molecular weight excluding hydrogens is 446 g/mol. The lowest BCUT2D eigenvalue weighted by molar-refractivity contribution is 0.00744. The molecule has 0 fully saturated rings. The molecule has 2 aromatic rings. The predicted molar refractivity (Wildman–Crippen MR) is 112 cm³/mol. The van der Waals surface area contributed by atoms with Gasteiger partial charge in [-0.2, -0.15) is 0 Å². The number of carbonyl (C=O) groups is 3. The van der Waals surface area contributed by atoms with E-state index in [9.17, 15) is 14.4 Å². The van der Waals surface area contributed by atoms with Gasteiger partial charge in [0.1, 0.15) is 15.5 Å². The molecule has 0 saturated carbocycles. The first-order valence-electron chi connectivity index (χ1n) is 8.64. The van der Waals surface area contributed by atoms with Crippen LogP contribution in [0.15, 0.2) is 28.7 Å². The van der Waals surface area contributed by atoms with Gasteiger partial charge in [-0.1, -0.05) is 15.9 Å². The zero-order valence-corrected chi connectivity index (χ0v) is 18.7. The molecule has 0 spiro atoms. The number of anilines is 1. The zero-order valence-electron chi connectivity index (χ0n) is 16.3. The van der Waals surface area contributed by atoms with Crippen molar-refractivity contribution < 1.29 is 23.9 Å². The fraction of sp³-hybridized carbons (Fsp3) is 0.350. The molecule has 1 N–H and O–H groups in total. The molecule has 1 amide bonds. The number of nitrogens with one attached hydrogen (secondary N) is 1. The number of benzene rings is 1. The van der Waals surface area contributed by atoms with Crippen LogP contribution in [0.25, 0.3) is 0 Å². The Morgan fingerprint density at radius 3 is 2.25 bits per heavy atom. The third-order valence-electron chi connectivity index (χ3n) is 3.54. The Hall–Kier alpha value is -2.19. The SMILES string of the molecule is CCOC(=O)c1c(NC(=O)c2ccc(Br)cc2)sc(C(=O)OC(C)(C)C)c1C. The molecule has 150 valence electrons. The van der Waals surface area contributed by atoms with Gasteiger partial charge in [-0.05, 0) is 64.4 Å². The number of rotatable bonds is 5. The van der Waals surface area contributed by atoms with E-state index in [0.717, 1.165) is 15.8 Å². The van der Waals surface area contributed by atoms with Crippen LogP contribution in [0.3, 0.4) is 0 Å². The molecule has 0 saturated heterocycles. The van der Waals surface area contributed by atoms with Crippen LogP contribution in [0.4, 0.5) is 5.00 Å². The number of thiophene rings is 1. The molecule has 8 heteroatoms. The largest absolute Gasteiger partial charge is 0.462 e. The standard InChI is InChI=1S/C20H22BrNO5S/c1-6-26-18(24)14-11(2)15(19(25)27-20(3,4)5)28-17(14)22-16(23)12-7-9-13(21)10-8-12/h7-10H,6H2,1-5H3,(H,22,23). The fourth-order valence-electron chi connectivity index (χ4n) is 2.35. The molecule has 1 aromatic heterocycles. The van der Waals surface area contributed by atoms with Crippen LogP contribution in [-0.2, 0) is 9.47 Å². The smallest absolute Gasteiger partial charge is 0.349 e. The minimum atomic E-state index is -0.682. The van der Waals surface area contributed by atoms with Crippen LogP contribution in [0.1, 0.15) is 63.6 Å². The van der Waals surface area contributed by atoms with E-state index in [1.54, 1.807) is 58.9 Å². The van der Waals surface area contributed by atoms with Crippen molar-refractivity contribution in [3.05, 3.63) is 50.3 Å². The van der Waals surface area contributed by atoms with Crippen LogP contribution in [-0.4, -0.2) is 30.1 Å². The van der Waals surface area contributed by atoms with Gasteiger partial charge >= 0.3 is 11.9 Å². The number of hydrogen-bond donors (Lipinski definition) is 1. The van der Waals surface area contributed by atoms with Crippen LogP contribution in [0, 0.1) is 6.92 Å². The number of esters is 2. The molecule has 6 nitrogen and oxygen atoms in total. The summed E-state index contributed by atoms with van der Waals surface area (Å²) in [5, 5.41) is 2.97. The zero-order chi connectivity index (χ0) is 21.1. The summed E-state index contributed by atoms with van der Waals surface area (Å²) in [6.07, 6.45) is 0. The van der Waals surface area contributed by atoms with Crippen LogP contribution >= 0.6 is 27.3 Å². The molecule has 0 radical (unpaired) electrons. The summed E-state index contributed by atoms with van der Waals surface area (Å²) in [7, 11) is 0. The molecule has 0 bridgehead atoms. The third kappa shape index (κ3) is 5.42. The Bertz CT molecular complexity index is 897. The number of carbonyl (C=O) groups excluding carboxylic acids is 3. The lowest BCUT2D eigenvalue weighted by Gasteiger charge is -2.19. The summed E-state index contributed by atoms with van der Waals surface area (Å²) in [5.41, 5.74) is 0.322. The average Bonchev–Trinajstić information content (AvgIpc) is 2.90. The van der Waals surface area contributed by atoms with Crippen molar-refractivity contribution in [2.45, 2.75) is 40.2 Å². The topological polar surface area (TPSA) is 81.7 Å². The van der Waals surface area contributed by atoms with E-state index in [1.165, 1.54) is 0 Å². The first-order valence-corrected chi connectivity index (χ1v) is 10.2. The predicted octanol–water partition coefficient (Wildman–Crippen LogP) is 5.20. The van der Waals surface area contributed by atoms with Gasteiger partial charge in [-0.25, -0.2) is 9.59 Å². The molecule has 0 atom stereocenters. The van der Waals surface area contributed by atoms with Gasteiger partial charge in [0.15, 0.2) is 0 Å². The van der Waals surface area contributed by atoms with Crippen molar-refractivity contribution in [2.24, 2.45) is 0 Å². The van der Waals surface area contributed by atoms with E-state index in [1.807, 2.05) is 0 Å². The van der Waals surface area contributed by atoms with Crippen molar-refractivity contribution in [1.82, 2.24) is 0 Å². The van der Waals surface area contributed by atoms with Gasteiger partial charge in [0.25, 0.3) is 5.91 Å². The second-order valence-electron chi connectivity index (χ2n) is 6.94. The number of hydrogen-bond acceptors (Lipinski definition) is 6. The summed E-state index contributed by atoms with van der Waals surface area (Å²) >= 11 is 4.32. The average molecular weight is 468 g/mol. The van der Waals surface area contributed by atoms with Crippen LogP contribution in [0.5, 0.6) is 0 Å². The van der Waals surface area contributed by atoms with Crippen molar-refractivity contribution >= 4 is 50.1 Å². The monoisotopic (exact) mass is 467 g/mol. The van der Waals surface area contributed by atoms with Gasteiger partial charge in [0.2, 0.25) is 0 Å². The molecule has 1 aromatic carbocycles. The van der Waals surface area contributed by atoms with Crippen LogP contribution < -0.4 is 5.32 Å². The summed E-state index contributed by atoms with van der Waals surface area (Å²) in [6, 6.07) is 6.79. The van der Waals surface area contributed by atoms with E-state index >= 15 is 0 Å². The van der Waals surface area contributed by atoms with Gasteiger partial charge < -0.3 is 14.8 Å². The van der Waals surface area contributed by atoms with Gasteiger partial charge in [-0.3, -0.25) is 4.79 Å². The van der Waals surface area contributed by atoms with Crippen molar-refractivity contribution in [1.29, 1.82) is 0 Å². The summed E-state index contributed by atoms with van der Waals surface area (Å²) in [5.74, 6) is -1.54. The highest BCUT2D eigenvalue weighted by Gasteiger charge is 2.29. The van der Waals surface area contributed by atoms with Crippen molar-refractivity contribution in [3.63, 3.8) is 0 Å². The highest BCUT2D eigenvalue weighted by atomic mass is 79.9. The number of halogens is 1. The van der Waals surface area contributed by atoms with E-state index < -0.39 is 23.4 Å². The number of ether oxygens (including phenoxy) is 2. The Morgan fingerprint density at radius 1 is 1.11 bits per heavy atom.